The predicted molar refractivity (Wildman–Crippen MR) is 96.6 cm³/mol. The Morgan fingerprint density at radius 3 is 2.46 bits per heavy atom. The van der Waals surface area contributed by atoms with Crippen molar-refractivity contribution in [1.29, 1.82) is 0 Å². The second-order valence-electron chi connectivity index (χ2n) is 7.04. The summed E-state index contributed by atoms with van der Waals surface area (Å²) in [5.74, 6) is -2.33. The first-order chi connectivity index (χ1) is 13.0. The molecule has 2 N–H and O–H groups in total. The van der Waals surface area contributed by atoms with E-state index in [-0.39, 0.29) is 11.5 Å². The van der Waals surface area contributed by atoms with Crippen LogP contribution in [-0.4, -0.2) is 71.4 Å². The van der Waals surface area contributed by atoms with Crippen molar-refractivity contribution in [2.45, 2.75) is 44.4 Å². The van der Waals surface area contributed by atoms with Gasteiger partial charge in [0.25, 0.3) is 5.91 Å². The summed E-state index contributed by atoms with van der Waals surface area (Å²) in [6, 6.07) is 0. The van der Waals surface area contributed by atoms with Crippen LogP contribution in [0.1, 0.15) is 48.1 Å². The zero-order valence-electron chi connectivity index (χ0n) is 15.7. The molecule has 0 bridgehead atoms. The Hall–Kier alpha value is -1.72. The van der Waals surface area contributed by atoms with Crippen molar-refractivity contribution >= 4 is 23.2 Å². The lowest BCUT2D eigenvalue weighted by Gasteiger charge is -2.44. The first kappa shape index (κ1) is 22.6. The summed E-state index contributed by atoms with van der Waals surface area (Å²) >= 11 is 1.58. The van der Waals surface area contributed by atoms with E-state index < -0.39 is 12.1 Å². The highest BCUT2D eigenvalue weighted by atomic mass is 32.1. The number of ether oxygens (including phenoxy) is 1. The number of hydrogen-bond acceptors (Lipinski definition) is 6. The van der Waals surface area contributed by atoms with Crippen LogP contribution in [0.25, 0.3) is 0 Å². The molecule has 0 radical (unpaired) electrons. The Bertz CT molecular complexity index is 682. The van der Waals surface area contributed by atoms with Crippen molar-refractivity contribution < 1.29 is 32.6 Å². The van der Waals surface area contributed by atoms with Gasteiger partial charge >= 0.3 is 12.1 Å². The molecule has 1 aromatic heterocycles. The highest BCUT2D eigenvalue weighted by Gasteiger charge is 2.40. The zero-order valence-corrected chi connectivity index (χ0v) is 16.5. The summed E-state index contributed by atoms with van der Waals surface area (Å²) in [6.07, 6.45) is -3.13. The first-order valence-corrected chi connectivity index (χ1v) is 9.81. The Balaban J connectivity index is 0.000000345. The molecule has 0 saturated carbocycles. The molecule has 0 unspecified atom stereocenters. The zero-order chi connectivity index (χ0) is 20.9. The van der Waals surface area contributed by atoms with Crippen LogP contribution in [0.4, 0.5) is 13.2 Å². The summed E-state index contributed by atoms with van der Waals surface area (Å²) in [4.78, 5) is 28.0. The molecular weight excluding hydrogens is 399 g/mol. The van der Waals surface area contributed by atoms with Gasteiger partial charge < -0.3 is 20.1 Å². The van der Waals surface area contributed by atoms with Gasteiger partial charge in [-0.25, -0.2) is 9.78 Å². The number of nitrogens with one attached hydrogen (secondary N) is 1. The van der Waals surface area contributed by atoms with Crippen molar-refractivity contribution in [2.24, 2.45) is 0 Å². The molecule has 2 aliphatic rings. The second kappa shape index (κ2) is 9.19. The number of carboxylic acid groups (broad SMARTS) is 1. The smallest absolute Gasteiger partial charge is 0.475 e. The summed E-state index contributed by atoms with van der Waals surface area (Å²) in [6.45, 7) is 8.14. The van der Waals surface area contributed by atoms with Gasteiger partial charge in [-0.05, 0) is 25.9 Å². The monoisotopic (exact) mass is 423 g/mol. The number of morpholine rings is 1. The van der Waals surface area contributed by atoms with E-state index in [1.165, 1.54) is 0 Å². The topological polar surface area (TPSA) is 91.8 Å². The van der Waals surface area contributed by atoms with Crippen molar-refractivity contribution in [2.75, 3.05) is 32.8 Å². The average Bonchev–Trinajstić information content (AvgIpc) is 3.12. The van der Waals surface area contributed by atoms with E-state index in [1.807, 2.05) is 10.3 Å². The normalized spacial score (nSPS) is 19.3. The maximum absolute atomic E-state index is 12.7. The minimum atomic E-state index is -5.08. The van der Waals surface area contributed by atoms with Crippen molar-refractivity contribution in [3.63, 3.8) is 0 Å². The summed E-state index contributed by atoms with van der Waals surface area (Å²) in [7, 11) is 0. The number of carbonyl (C=O) groups is 2. The molecule has 0 atom stereocenters. The van der Waals surface area contributed by atoms with E-state index in [9.17, 15) is 18.0 Å². The fourth-order valence-electron chi connectivity index (χ4n) is 3.02. The predicted octanol–water partition coefficient (Wildman–Crippen LogP) is 2.49. The highest BCUT2D eigenvalue weighted by Crippen LogP contribution is 2.29. The minimum absolute atomic E-state index is 0.0550. The first-order valence-electron chi connectivity index (χ1n) is 8.93. The van der Waals surface area contributed by atoms with Crippen LogP contribution in [0.15, 0.2) is 5.38 Å². The molecule has 0 aromatic carbocycles. The molecule has 28 heavy (non-hydrogen) atoms. The number of aromatic nitrogens is 1. The third-order valence-corrected chi connectivity index (χ3v) is 5.67. The van der Waals surface area contributed by atoms with Gasteiger partial charge in [0.1, 0.15) is 5.69 Å². The number of halogens is 3. The second-order valence-corrected chi connectivity index (χ2v) is 7.93. The van der Waals surface area contributed by atoms with E-state index in [1.54, 1.807) is 11.3 Å². The number of thiazole rings is 1. The Labute approximate surface area is 164 Å². The molecule has 3 rings (SSSR count). The van der Waals surface area contributed by atoms with Crippen molar-refractivity contribution in [3.05, 3.63) is 16.1 Å². The largest absolute Gasteiger partial charge is 0.490 e. The van der Waals surface area contributed by atoms with Crippen molar-refractivity contribution in [1.82, 2.24) is 15.2 Å². The Kier molecular flexibility index (Phi) is 7.40. The lowest BCUT2D eigenvalue weighted by Crippen LogP contribution is -2.57. The third-order valence-electron chi connectivity index (χ3n) is 4.53. The number of rotatable bonds is 2. The molecule has 158 valence electrons. The van der Waals surface area contributed by atoms with Gasteiger partial charge in [-0.15, -0.1) is 11.3 Å². The fourth-order valence-corrected chi connectivity index (χ4v) is 3.83. The number of alkyl halides is 3. The van der Waals surface area contributed by atoms with Crippen molar-refractivity contribution in [3.8, 4) is 0 Å². The van der Waals surface area contributed by atoms with Gasteiger partial charge in [0, 0.05) is 17.8 Å². The molecule has 3 heterocycles. The lowest BCUT2D eigenvalue weighted by molar-refractivity contribution is -0.192. The van der Waals surface area contributed by atoms with Gasteiger partial charge in [0.05, 0.1) is 23.8 Å². The molecule has 7 nitrogen and oxygen atoms in total. The van der Waals surface area contributed by atoms with Gasteiger partial charge in [-0.3, -0.25) is 4.79 Å². The van der Waals surface area contributed by atoms with Crippen LogP contribution in [0, 0.1) is 0 Å². The van der Waals surface area contributed by atoms with Crippen LogP contribution in [0.2, 0.25) is 0 Å². The van der Waals surface area contributed by atoms with Gasteiger partial charge in [-0.2, -0.15) is 13.2 Å². The van der Waals surface area contributed by atoms with Gasteiger partial charge in [-0.1, -0.05) is 13.8 Å². The van der Waals surface area contributed by atoms with Crippen LogP contribution in [-0.2, 0) is 9.53 Å². The average molecular weight is 423 g/mol. The van der Waals surface area contributed by atoms with E-state index in [0.717, 1.165) is 30.9 Å². The standard InChI is InChI=1S/C15H23N3O2S.C2HF3O2/c1-11(2)13-17-12(9-21-13)14(19)18-7-8-20-15(10-18)3-5-16-6-4-15;3-2(4,5)1(6)7/h9,11,16H,3-8,10H2,1-2H3;(H,6,7). The number of hydrogen-bond donors (Lipinski definition) is 2. The third kappa shape index (κ3) is 5.89. The number of carbonyl (C=O) groups excluding carboxylic acids is 1. The van der Waals surface area contributed by atoms with Gasteiger partial charge in [0.15, 0.2) is 0 Å². The lowest BCUT2D eigenvalue weighted by atomic mass is 9.90. The van der Waals surface area contributed by atoms with Crippen LogP contribution in [0.3, 0.4) is 0 Å². The SMILES string of the molecule is CC(C)c1nc(C(=O)N2CCOC3(CCNCC3)C2)cs1.O=C(O)C(F)(F)F. The summed E-state index contributed by atoms with van der Waals surface area (Å²) < 4.78 is 37.8. The Morgan fingerprint density at radius 1 is 1.36 bits per heavy atom. The molecule has 11 heteroatoms. The van der Waals surface area contributed by atoms with Gasteiger partial charge in [0.2, 0.25) is 0 Å². The molecule has 2 saturated heterocycles. The number of nitrogens with zero attached hydrogens (tertiary/aromatic N) is 2. The number of piperidine rings is 1. The van der Waals surface area contributed by atoms with Crippen LogP contribution < -0.4 is 5.32 Å². The molecule has 0 aliphatic carbocycles. The van der Waals surface area contributed by atoms with E-state index >= 15 is 0 Å². The summed E-state index contributed by atoms with van der Waals surface area (Å²) in [5, 5.41) is 13.4. The van der Waals surface area contributed by atoms with E-state index in [2.05, 4.69) is 24.1 Å². The molecule has 1 aromatic rings. The van der Waals surface area contributed by atoms with Crippen LogP contribution >= 0.6 is 11.3 Å². The quantitative estimate of drug-likeness (QED) is 0.760. The molecular formula is C17H24F3N3O4S. The Morgan fingerprint density at radius 2 is 1.96 bits per heavy atom. The maximum Gasteiger partial charge on any atom is 0.490 e. The van der Waals surface area contributed by atoms with E-state index in [4.69, 9.17) is 14.6 Å². The highest BCUT2D eigenvalue weighted by molar-refractivity contribution is 7.09. The molecule has 2 aliphatic heterocycles. The van der Waals surface area contributed by atoms with Crippen LogP contribution in [0.5, 0.6) is 0 Å². The molecule has 1 spiro atoms. The van der Waals surface area contributed by atoms with E-state index in [0.29, 0.717) is 31.3 Å². The number of amides is 1. The summed E-state index contributed by atoms with van der Waals surface area (Å²) in [5.41, 5.74) is 0.450. The fraction of sp³-hybridized carbons (Fsp3) is 0.706. The number of aliphatic carboxylic acids is 1. The molecule has 1 amide bonds. The molecule has 2 fully saturated rings. The minimum Gasteiger partial charge on any atom is -0.475 e. The maximum atomic E-state index is 12.7. The number of carboxylic acids is 1.